The Morgan fingerprint density at radius 1 is 1.19 bits per heavy atom. The maximum Gasteiger partial charge on any atom is 0.498 e. The SMILES string of the molecule is CC(C)(C)OCCn1cc(B2OC(C)(C)C(C)(C)O2)cn1. The van der Waals surface area contributed by atoms with Crippen LogP contribution in [0.2, 0.25) is 0 Å². The second kappa shape index (κ2) is 5.41. The van der Waals surface area contributed by atoms with Gasteiger partial charge in [-0.15, -0.1) is 0 Å². The molecule has 1 aliphatic rings. The van der Waals surface area contributed by atoms with E-state index in [9.17, 15) is 0 Å². The first-order chi connectivity index (χ1) is 9.50. The van der Waals surface area contributed by atoms with E-state index >= 15 is 0 Å². The van der Waals surface area contributed by atoms with E-state index in [0.717, 1.165) is 12.0 Å². The lowest BCUT2D eigenvalue weighted by Gasteiger charge is -2.32. The topological polar surface area (TPSA) is 45.5 Å². The van der Waals surface area contributed by atoms with Gasteiger partial charge in [0.05, 0.1) is 30.0 Å². The molecule has 0 saturated carbocycles. The largest absolute Gasteiger partial charge is 0.498 e. The molecule has 2 heterocycles. The highest BCUT2D eigenvalue weighted by Crippen LogP contribution is 2.36. The molecule has 0 N–H and O–H groups in total. The standard InChI is InChI=1S/C15H27BN2O3/c1-13(2,3)19-9-8-18-11-12(10-17-18)16-20-14(4,5)15(6,7)21-16/h10-11H,8-9H2,1-7H3. The molecule has 1 aliphatic heterocycles. The van der Waals surface area contributed by atoms with Crippen LogP contribution in [-0.4, -0.2) is 40.3 Å². The maximum absolute atomic E-state index is 6.02. The van der Waals surface area contributed by atoms with E-state index in [1.807, 2.05) is 31.6 Å². The van der Waals surface area contributed by atoms with E-state index in [-0.39, 0.29) is 23.9 Å². The Labute approximate surface area is 128 Å². The summed E-state index contributed by atoms with van der Waals surface area (Å²) >= 11 is 0. The predicted molar refractivity (Wildman–Crippen MR) is 83.6 cm³/mol. The van der Waals surface area contributed by atoms with Crippen LogP contribution in [0.4, 0.5) is 0 Å². The lowest BCUT2D eigenvalue weighted by atomic mass is 9.82. The van der Waals surface area contributed by atoms with Crippen LogP contribution in [0.15, 0.2) is 12.4 Å². The molecule has 1 aromatic heterocycles. The summed E-state index contributed by atoms with van der Waals surface area (Å²) in [5, 5.41) is 4.35. The summed E-state index contributed by atoms with van der Waals surface area (Å²) in [6, 6.07) is 0. The summed E-state index contributed by atoms with van der Waals surface area (Å²) in [6.45, 7) is 15.7. The number of rotatable bonds is 4. The molecule has 2 rings (SSSR count). The molecule has 21 heavy (non-hydrogen) atoms. The fourth-order valence-corrected chi connectivity index (χ4v) is 2.05. The Bertz CT molecular complexity index is 475. The zero-order chi connectivity index (χ0) is 15.9. The normalized spacial score (nSPS) is 21.0. The molecule has 1 aromatic rings. The van der Waals surface area contributed by atoms with Gasteiger partial charge in [0.15, 0.2) is 0 Å². The van der Waals surface area contributed by atoms with Crippen molar-refractivity contribution in [3.63, 3.8) is 0 Å². The molecular weight excluding hydrogens is 267 g/mol. The number of hydrogen-bond acceptors (Lipinski definition) is 4. The summed E-state index contributed by atoms with van der Waals surface area (Å²) in [7, 11) is -0.354. The van der Waals surface area contributed by atoms with Gasteiger partial charge in [0.25, 0.3) is 0 Å². The third-order valence-electron chi connectivity index (χ3n) is 4.03. The van der Waals surface area contributed by atoms with Gasteiger partial charge in [0.1, 0.15) is 0 Å². The first kappa shape index (κ1) is 16.5. The van der Waals surface area contributed by atoms with Gasteiger partial charge in [-0.25, -0.2) is 0 Å². The smallest absolute Gasteiger partial charge is 0.399 e. The lowest BCUT2D eigenvalue weighted by molar-refractivity contribution is -0.00789. The fraction of sp³-hybridized carbons (Fsp3) is 0.800. The van der Waals surface area contributed by atoms with Crippen molar-refractivity contribution >= 4 is 12.6 Å². The molecule has 118 valence electrons. The number of nitrogens with zero attached hydrogens (tertiary/aromatic N) is 2. The van der Waals surface area contributed by atoms with Gasteiger partial charge in [-0.05, 0) is 48.5 Å². The molecule has 5 nitrogen and oxygen atoms in total. The van der Waals surface area contributed by atoms with Crippen molar-refractivity contribution in [3.05, 3.63) is 12.4 Å². The number of aromatic nitrogens is 2. The van der Waals surface area contributed by atoms with Crippen LogP contribution in [0.5, 0.6) is 0 Å². The fourth-order valence-electron chi connectivity index (χ4n) is 2.05. The Morgan fingerprint density at radius 3 is 2.29 bits per heavy atom. The molecule has 0 atom stereocenters. The monoisotopic (exact) mass is 294 g/mol. The quantitative estimate of drug-likeness (QED) is 0.797. The highest BCUT2D eigenvalue weighted by molar-refractivity contribution is 6.61. The zero-order valence-electron chi connectivity index (χ0n) is 14.3. The third-order valence-corrected chi connectivity index (χ3v) is 4.03. The van der Waals surface area contributed by atoms with Crippen LogP contribution in [0, 0.1) is 0 Å². The Kier molecular flexibility index (Phi) is 4.26. The van der Waals surface area contributed by atoms with E-state index in [2.05, 4.69) is 32.8 Å². The van der Waals surface area contributed by atoms with Crippen molar-refractivity contribution in [1.29, 1.82) is 0 Å². The highest BCUT2D eigenvalue weighted by atomic mass is 16.7. The Balaban J connectivity index is 1.95. The third kappa shape index (κ3) is 3.87. The van der Waals surface area contributed by atoms with Crippen molar-refractivity contribution in [2.24, 2.45) is 0 Å². The van der Waals surface area contributed by atoms with Gasteiger partial charge in [0, 0.05) is 17.9 Å². The van der Waals surface area contributed by atoms with E-state index in [0.29, 0.717) is 6.61 Å². The molecule has 0 aromatic carbocycles. The van der Waals surface area contributed by atoms with Crippen molar-refractivity contribution in [2.75, 3.05) is 6.61 Å². The average Bonchev–Trinajstić information content (AvgIpc) is 2.81. The van der Waals surface area contributed by atoms with Gasteiger partial charge in [-0.3, -0.25) is 4.68 Å². The van der Waals surface area contributed by atoms with Crippen molar-refractivity contribution in [1.82, 2.24) is 9.78 Å². The van der Waals surface area contributed by atoms with Crippen molar-refractivity contribution < 1.29 is 14.0 Å². The zero-order valence-corrected chi connectivity index (χ0v) is 14.3. The summed E-state index contributed by atoms with van der Waals surface area (Å²) in [5.74, 6) is 0. The molecule has 0 aliphatic carbocycles. The molecule has 1 saturated heterocycles. The van der Waals surface area contributed by atoms with Gasteiger partial charge in [-0.1, -0.05) is 0 Å². The highest BCUT2D eigenvalue weighted by Gasteiger charge is 2.52. The van der Waals surface area contributed by atoms with Crippen molar-refractivity contribution in [2.45, 2.75) is 71.8 Å². The molecule has 0 amide bonds. The van der Waals surface area contributed by atoms with Crippen molar-refractivity contribution in [3.8, 4) is 0 Å². The van der Waals surface area contributed by atoms with Crippen LogP contribution in [0.25, 0.3) is 0 Å². The first-order valence-corrected chi connectivity index (χ1v) is 7.52. The van der Waals surface area contributed by atoms with E-state index in [1.165, 1.54) is 0 Å². The van der Waals surface area contributed by atoms with E-state index < -0.39 is 0 Å². The molecule has 0 radical (unpaired) electrons. The minimum Gasteiger partial charge on any atom is -0.399 e. The molecule has 6 heteroatoms. The second-order valence-corrected chi connectivity index (χ2v) is 7.59. The van der Waals surface area contributed by atoms with Crippen LogP contribution >= 0.6 is 0 Å². The minimum atomic E-state index is -0.354. The maximum atomic E-state index is 6.02. The summed E-state index contributed by atoms with van der Waals surface area (Å²) in [6.07, 6.45) is 3.77. The molecule has 0 bridgehead atoms. The summed E-state index contributed by atoms with van der Waals surface area (Å²) < 4.78 is 19.6. The van der Waals surface area contributed by atoms with Gasteiger partial charge >= 0.3 is 7.12 Å². The van der Waals surface area contributed by atoms with Gasteiger partial charge in [-0.2, -0.15) is 5.10 Å². The second-order valence-electron chi connectivity index (χ2n) is 7.59. The molecule has 0 unspecified atom stereocenters. The van der Waals surface area contributed by atoms with E-state index in [1.54, 1.807) is 6.20 Å². The Hall–Kier alpha value is -0.845. The number of ether oxygens (including phenoxy) is 1. The first-order valence-electron chi connectivity index (χ1n) is 7.52. The average molecular weight is 294 g/mol. The Morgan fingerprint density at radius 2 is 1.76 bits per heavy atom. The molecule has 0 spiro atoms. The van der Waals surface area contributed by atoms with E-state index in [4.69, 9.17) is 14.0 Å². The van der Waals surface area contributed by atoms with Crippen LogP contribution in [0.1, 0.15) is 48.5 Å². The molecule has 1 fully saturated rings. The molecular formula is C15H27BN2O3. The predicted octanol–water partition coefficient (Wildman–Crippen LogP) is 2.00. The summed E-state index contributed by atoms with van der Waals surface area (Å²) in [5.41, 5.74) is 0.177. The minimum absolute atomic E-state index is 0.123. The van der Waals surface area contributed by atoms with Crippen LogP contribution in [-0.2, 0) is 20.6 Å². The van der Waals surface area contributed by atoms with Gasteiger partial charge in [0.2, 0.25) is 0 Å². The lowest BCUT2D eigenvalue weighted by Crippen LogP contribution is -2.41. The van der Waals surface area contributed by atoms with Crippen LogP contribution < -0.4 is 5.46 Å². The number of hydrogen-bond donors (Lipinski definition) is 0. The summed E-state index contributed by atoms with van der Waals surface area (Å²) in [4.78, 5) is 0. The van der Waals surface area contributed by atoms with Gasteiger partial charge < -0.3 is 14.0 Å². The van der Waals surface area contributed by atoms with Crippen LogP contribution in [0.3, 0.4) is 0 Å².